The number of aromatic nitrogens is 2. The summed E-state index contributed by atoms with van der Waals surface area (Å²) in [6, 6.07) is 5.59. The normalized spacial score (nSPS) is 20.1. The standard InChI is InChI=1S/C12H12ClN3O/c13-8-1-2-10-11(5-8)14-7-15-12(10)16-4-3-9(17)6-16/h1-2,5,7,9,17H,3-4,6H2. The van der Waals surface area contributed by atoms with Crippen LogP contribution in [0.4, 0.5) is 5.82 Å². The Morgan fingerprint density at radius 3 is 3.00 bits per heavy atom. The first-order valence-electron chi connectivity index (χ1n) is 5.57. The number of benzene rings is 1. The number of fused-ring (bicyclic) bond motifs is 1. The Labute approximate surface area is 104 Å². The number of hydrogen-bond acceptors (Lipinski definition) is 4. The molecule has 17 heavy (non-hydrogen) atoms. The summed E-state index contributed by atoms with van der Waals surface area (Å²) >= 11 is 5.94. The van der Waals surface area contributed by atoms with Gasteiger partial charge in [-0.3, -0.25) is 0 Å². The van der Waals surface area contributed by atoms with Crippen molar-refractivity contribution in [3.8, 4) is 0 Å². The molecule has 3 rings (SSSR count). The summed E-state index contributed by atoms with van der Waals surface area (Å²) in [5.41, 5.74) is 0.837. The Hall–Kier alpha value is -1.39. The minimum atomic E-state index is -0.257. The van der Waals surface area contributed by atoms with Crippen LogP contribution in [0.5, 0.6) is 0 Å². The van der Waals surface area contributed by atoms with Crippen molar-refractivity contribution in [3.63, 3.8) is 0 Å². The number of nitrogens with zero attached hydrogens (tertiary/aromatic N) is 3. The van der Waals surface area contributed by atoms with Crippen LogP contribution in [-0.2, 0) is 0 Å². The lowest BCUT2D eigenvalue weighted by atomic mass is 10.2. The van der Waals surface area contributed by atoms with Gasteiger partial charge in [0.1, 0.15) is 12.1 Å². The molecule has 88 valence electrons. The Morgan fingerprint density at radius 2 is 2.24 bits per heavy atom. The summed E-state index contributed by atoms with van der Waals surface area (Å²) in [4.78, 5) is 10.6. The quantitative estimate of drug-likeness (QED) is 0.838. The molecule has 0 amide bonds. The molecule has 1 aromatic heterocycles. The van der Waals surface area contributed by atoms with E-state index in [9.17, 15) is 5.11 Å². The zero-order valence-corrected chi connectivity index (χ0v) is 9.93. The van der Waals surface area contributed by atoms with Gasteiger partial charge in [-0.25, -0.2) is 9.97 Å². The topological polar surface area (TPSA) is 49.2 Å². The van der Waals surface area contributed by atoms with E-state index in [4.69, 9.17) is 11.6 Å². The zero-order chi connectivity index (χ0) is 11.8. The van der Waals surface area contributed by atoms with Gasteiger partial charge >= 0.3 is 0 Å². The maximum atomic E-state index is 9.57. The van der Waals surface area contributed by atoms with E-state index in [1.165, 1.54) is 0 Å². The first kappa shape index (κ1) is 10.7. The van der Waals surface area contributed by atoms with Gasteiger partial charge in [0.15, 0.2) is 0 Å². The van der Waals surface area contributed by atoms with Crippen molar-refractivity contribution >= 4 is 28.3 Å². The molecule has 0 saturated carbocycles. The first-order valence-corrected chi connectivity index (χ1v) is 5.95. The highest BCUT2D eigenvalue weighted by Crippen LogP contribution is 2.27. The van der Waals surface area contributed by atoms with Gasteiger partial charge in [0, 0.05) is 23.5 Å². The SMILES string of the molecule is OC1CCN(c2ncnc3cc(Cl)ccc23)C1. The number of aliphatic hydroxyl groups excluding tert-OH is 1. The monoisotopic (exact) mass is 249 g/mol. The molecule has 1 unspecified atom stereocenters. The Balaban J connectivity index is 2.10. The minimum Gasteiger partial charge on any atom is -0.391 e. The molecule has 0 spiro atoms. The lowest BCUT2D eigenvalue weighted by Crippen LogP contribution is -2.22. The summed E-state index contributed by atoms with van der Waals surface area (Å²) < 4.78 is 0. The third-order valence-electron chi connectivity index (χ3n) is 3.04. The van der Waals surface area contributed by atoms with Gasteiger partial charge in [-0.15, -0.1) is 0 Å². The van der Waals surface area contributed by atoms with Crippen molar-refractivity contribution < 1.29 is 5.11 Å². The average Bonchev–Trinajstić information content (AvgIpc) is 2.74. The lowest BCUT2D eigenvalue weighted by Gasteiger charge is -2.18. The minimum absolute atomic E-state index is 0.257. The molecule has 2 heterocycles. The van der Waals surface area contributed by atoms with Crippen molar-refractivity contribution in [3.05, 3.63) is 29.5 Å². The van der Waals surface area contributed by atoms with Gasteiger partial charge in [-0.2, -0.15) is 0 Å². The largest absolute Gasteiger partial charge is 0.391 e. The van der Waals surface area contributed by atoms with E-state index >= 15 is 0 Å². The summed E-state index contributed by atoms with van der Waals surface area (Å²) in [5, 5.41) is 11.2. The second kappa shape index (κ2) is 4.13. The molecular weight excluding hydrogens is 238 g/mol. The zero-order valence-electron chi connectivity index (χ0n) is 9.17. The second-order valence-electron chi connectivity index (χ2n) is 4.25. The predicted molar refractivity (Wildman–Crippen MR) is 67.4 cm³/mol. The van der Waals surface area contributed by atoms with Crippen molar-refractivity contribution in [2.45, 2.75) is 12.5 Å². The van der Waals surface area contributed by atoms with Crippen LogP contribution in [0.3, 0.4) is 0 Å². The number of halogens is 1. The van der Waals surface area contributed by atoms with Crippen molar-refractivity contribution in [1.82, 2.24) is 9.97 Å². The van der Waals surface area contributed by atoms with Gasteiger partial charge in [-0.1, -0.05) is 11.6 Å². The highest BCUT2D eigenvalue weighted by atomic mass is 35.5. The Kier molecular flexibility index (Phi) is 2.61. The molecule has 4 nitrogen and oxygen atoms in total. The fourth-order valence-corrected chi connectivity index (χ4v) is 2.37. The van der Waals surface area contributed by atoms with E-state index < -0.39 is 0 Å². The maximum absolute atomic E-state index is 9.57. The molecule has 0 bridgehead atoms. The van der Waals surface area contributed by atoms with Crippen LogP contribution >= 0.6 is 11.6 Å². The lowest BCUT2D eigenvalue weighted by molar-refractivity contribution is 0.198. The van der Waals surface area contributed by atoms with E-state index in [0.29, 0.717) is 11.6 Å². The van der Waals surface area contributed by atoms with E-state index in [2.05, 4.69) is 14.9 Å². The highest BCUT2D eigenvalue weighted by Gasteiger charge is 2.22. The van der Waals surface area contributed by atoms with Gasteiger partial charge in [0.2, 0.25) is 0 Å². The second-order valence-corrected chi connectivity index (χ2v) is 4.68. The van der Waals surface area contributed by atoms with Crippen LogP contribution < -0.4 is 4.90 Å². The van der Waals surface area contributed by atoms with E-state index in [1.807, 2.05) is 18.2 Å². The van der Waals surface area contributed by atoms with E-state index in [1.54, 1.807) is 6.33 Å². The molecule has 1 atom stereocenters. The molecule has 1 saturated heterocycles. The van der Waals surface area contributed by atoms with Gasteiger partial charge < -0.3 is 10.0 Å². The number of aliphatic hydroxyl groups is 1. The Morgan fingerprint density at radius 1 is 1.35 bits per heavy atom. The van der Waals surface area contributed by atoms with Crippen molar-refractivity contribution in [1.29, 1.82) is 0 Å². The molecule has 2 aromatic rings. The fraction of sp³-hybridized carbons (Fsp3) is 0.333. The number of hydrogen-bond donors (Lipinski definition) is 1. The van der Waals surface area contributed by atoms with Crippen LogP contribution in [0.1, 0.15) is 6.42 Å². The third-order valence-corrected chi connectivity index (χ3v) is 3.28. The first-order chi connectivity index (χ1) is 8.24. The molecule has 0 radical (unpaired) electrons. The van der Waals surface area contributed by atoms with Crippen molar-refractivity contribution in [2.75, 3.05) is 18.0 Å². The van der Waals surface area contributed by atoms with Gasteiger partial charge in [0.05, 0.1) is 11.6 Å². The van der Waals surface area contributed by atoms with Crippen LogP contribution in [0.15, 0.2) is 24.5 Å². The molecular formula is C12H12ClN3O. The highest BCUT2D eigenvalue weighted by molar-refractivity contribution is 6.31. The van der Waals surface area contributed by atoms with Gasteiger partial charge in [-0.05, 0) is 24.6 Å². The molecule has 5 heteroatoms. The summed E-state index contributed by atoms with van der Waals surface area (Å²) in [6.07, 6.45) is 2.07. The van der Waals surface area contributed by atoms with Crippen LogP contribution in [0, 0.1) is 0 Å². The van der Waals surface area contributed by atoms with Crippen molar-refractivity contribution in [2.24, 2.45) is 0 Å². The number of anilines is 1. The predicted octanol–water partition coefficient (Wildman–Crippen LogP) is 1.85. The van der Waals surface area contributed by atoms with Crippen LogP contribution in [-0.4, -0.2) is 34.3 Å². The molecule has 1 aliphatic heterocycles. The van der Waals surface area contributed by atoms with E-state index in [0.717, 1.165) is 29.7 Å². The summed E-state index contributed by atoms with van der Waals surface area (Å²) in [7, 11) is 0. The molecule has 0 aliphatic carbocycles. The average molecular weight is 250 g/mol. The number of rotatable bonds is 1. The number of β-amino-alcohol motifs (C(OH)–C–C–N with tert-alkyl or cyclic N) is 1. The van der Waals surface area contributed by atoms with Crippen LogP contribution in [0.2, 0.25) is 5.02 Å². The molecule has 1 fully saturated rings. The smallest absolute Gasteiger partial charge is 0.139 e. The van der Waals surface area contributed by atoms with E-state index in [-0.39, 0.29) is 6.10 Å². The van der Waals surface area contributed by atoms with Gasteiger partial charge in [0.25, 0.3) is 0 Å². The maximum Gasteiger partial charge on any atom is 0.139 e. The molecule has 1 N–H and O–H groups in total. The molecule has 1 aromatic carbocycles. The molecule has 1 aliphatic rings. The summed E-state index contributed by atoms with van der Waals surface area (Å²) in [6.45, 7) is 1.46. The summed E-state index contributed by atoms with van der Waals surface area (Å²) in [5.74, 6) is 0.878. The van der Waals surface area contributed by atoms with Crippen LogP contribution in [0.25, 0.3) is 10.9 Å². The fourth-order valence-electron chi connectivity index (χ4n) is 2.20. The third kappa shape index (κ3) is 1.94. The Bertz CT molecular complexity index is 560.